The largest absolute Gasteiger partial charge is 0.493 e. The first-order chi connectivity index (χ1) is 16.9. The van der Waals surface area contributed by atoms with E-state index in [1.807, 2.05) is 42.5 Å². The lowest BCUT2D eigenvalue weighted by atomic mass is 10.1. The third-order valence-electron chi connectivity index (χ3n) is 5.89. The number of rotatable bonds is 6. The lowest BCUT2D eigenvalue weighted by molar-refractivity contribution is -0.138. The lowest BCUT2D eigenvalue weighted by Crippen LogP contribution is -2.31. The third-order valence-corrected chi connectivity index (χ3v) is 5.89. The van der Waals surface area contributed by atoms with Crippen molar-refractivity contribution < 1.29 is 15.0 Å². The summed E-state index contributed by atoms with van der Waals surface area (Å²) in [5.74, 6) is -1.82. The molecule has 0 fully saturated rings. The highest BCUT2D eigenvalue weighted by atomic mass is 16.4. The minimum atomic E-state index is -1.22. The summed E-state index contributed by atoms with van der Waals surface area (Å²) in [6, 6.07) is 18.8. The Kier molecular flexibility index (Phi) is 5.50. The second-order valence-electron chi connectivity index (χ2n) is 8.03. The van der Waals surface area contributed by atoms with Gasteiger partial charge in [0.25, 0.3) is 5.56 Å². The molecule has 174 valence electrons. The van der Waals surface area contributed by atoms with Crippen LogP contribution < -0.4 is 11.2 Å². The second kappa shape index (κ2) is 8.79. The number of H-pyrrole nitrogens is 2. The molecule has 0 radical (unpaired) electrons. The van der Waals surface area contributed by atoms with Gasteiger partial charge in [-0.15, -0.1) is 0 Å². The number of carboxylic acids is 1. The van der Waals surface area contributed by atoms with E-state index in [0.29, 0.717) is 11.1 Å². The first-order valence-corrected chi connectivity index (χ1v) is 10.8. The van der Waals surface area contributed by atoms with Crippen molar-refractivity contribution in [2.75, 3.05) is 0 Å². The summed E-state index contributed by atoms with van der Waals surface area (Å²) in [5, 5.41) is 23.0. The van der Waals surface area contributed by atoms with Crippen molar-refractivity contribution in [3.05, 3.63) is 105 Å². The summed E-state index contributed by atoms with van der Waals surface area (Å²) in [4.78, 5) is 46.4. The lowest BCUT2D eigenvalue weighted by Gasteiger charge is -2.12. The summed E-state index contributed by atoms with van der Waals surface area (Å²) >= 11 is 0. The molecule has 3 aromatic carbocycles. The van der Waals surface area contributed by atoms with E-state index in [2.05, 4.69) is 15.0 Å². The van der Waals surface area contributed by atoms with Crippen molar-refractivity contribution in [3.63, 3.8) is 0 Å². The van der Waals surface area contributed by atoms with Crippen molar-refractivity contribution >= 4 is 33.9 Å². The normalized spacial score (nSPS) is 12.5. The van der Waals surface area contributed by atoms with Gasteiger partial charge in [0, 0.05) is 35.1 Å². The Bertz CT molecular complexity index is 1720. The van der Waals surface area contributed by atoms with Crippen LogP contribution in [-0.4, -0.2) is 43.0 Å². The number of carbonyl (C=O) groups is 1. The van der Waals surface area contributed by atoms with Crippen LogP contribution in [0.1, 0.15) is 11.1 Å². The van der Waals surface area contributed by atoms with Gasteiger partial charge in [-0.1, -0.05) is 54.6 Å². The van der Waals surface area contributed by atoms with Crippen LogP contribution in [0.2, 0.25) is 0 Å². The molecular formula is C26H20N4O5. The van der Waals surface area contributed by atoms with Crippen LogP contribution in [0, 0.1) is 0 Å². The summed E-state index contributed by atoms with van der Waals surface area (Å²) in [6.45, 7) is 0. The molecule has 4 N–H and O–H groups in total. The van der Waals surface area contributed by atoms with E-state index < -0.39 is 29.1 Å². The smallest absolute Gasteiger partial charge is 0.335 e. The van der Waals surface area contributed by atoms with E-state index in [1.165, 1.54) is 0 Å². The van der Waals surface area contributed by atoms with Gasteiger partial charge in [-0.3, -0.25) is 14.8 Å². The number of fused-ring (bicyclic) bond motifs is 2. The van der Waals surface area contributed by atoms with Gasteiger partial charge in [-0.05, 0) is 23.1 Å². The Morgan fingerprint density at radius 1 is 1.00 bits per heavy atom. The molecule has 0 aliphatic heterocycles. The maximum absolute atomic E-state index is 12.6. The number of aliphatic carboxylic acids is 1. The molecule has 0 saturated heterocycles. The Balaban J connectivity index is 1.56. The molecule has 5 rings (SSSR count). The van der Waals surface area contributed by atoms with Crippen LogP contribution in [0.5, 0.6) is 5.88 Å². The van der Waals surface area contributed by atoms with Gasteiger partial charge >= 0.3 is 11.7 Å². The molecule has 1 unspecified atom stereocenters. The molecule has 2 aromatic heterocycles. The van der Waals surface area contributed by atoms with Crippen LogP contribution in [0.25, 0.3) is 27.4 Å². The number of aliphatic imine (C=N–C) groups is 1. The third kappa shape index (κ3) is 3.99. The molecule has 2 heterocycles. The van der Waals surface area contributed by atoms with E-state index >= 15 is 0 Å². The molecule has 0 amide bonds. The number of carboxylic acid groups (broad SMARTS) is 1. The zero-order valence-electron chi connectivity index (χ0n) is 18.3. The summed E-state index contributed by atoms with van der Waals surface area (Å²) in [7, 11) is 0. The fourth-order valence-electron chi connectivity index (χ4n) is 4.16. The van der Waals surface area contributed by atoms with Gasteiger partial charge in [0.15, 0.2) is 6.04 Å². The summed E-state index contributed by atoms with van der Waals surface area (Å²) in [6.07, 6.45) is 2.79. The van der Waals surface area contributed by atoms with Gasteiger partial charge in [-0.25, -0.2) is 14.2 Å². The second-order valence-corrected chi connectivity index (χ2v) is 8.03. The average molecular weight is 468 g/mol. The summed E-state index contributed by atoms with van der Waals surface area (Å²) < 4.78 is 0.973. The van der Waals surface area contributed by atoms with E-state index in [0.717, 1.165) is 32.6 Å². The number of hydrogen-bond donors (Lipinski definition) is 4. The van der Waals surface area contributed by atoms with Crippen molar-refractivity contribution in [3.8, 4) is 11.6 Å². The molecule has 0 saturated carbocycles. The molecule has 0 aliphatic carbocycles. The number of nitrogens with zero attached hydrogens (tertiary/aromatic N) is 2. The van der Waals surface area contributed by atoms with Crippen LogP contribution in [0.3, 0.4) is 0 Å². The van der Waals surface area contributed by atoms with Gasteiger partial charge < -0.3 is 15.2 Å². The highest BCUT2D eigenvalue weighted by Crippen LogP contribution is 2.25. The highest BCUT2D eigenvalue weighted by molar-refractivity contribution is 5.91. The predicted molar refractivity (Wildman–Crippen MR) is 133 cm³/mol. The number of nitrogens with one attached hydrogen (secondary N) is 2. The molecule has 0 bridgehead atoms. The Labute approximate surface area is 197 Å². The molecule has 9 heteroatoms. The van der Waals surface area contributed by atoms with Gasteiger partial charge in [0.1, 0.15) is 5.56 Å². The van der Waals surface area contributed by atoms with Gasteiger partial charge in [-0.2, -0.15) is 0 Å². The summed E-state index contributed by atoms with van der Waals surface area (Å²) in [5.41, 5.74) is -0.0257. The van der Waals surface area contributed by atoms with Crippen LogP contribution in [-0.2, 0) is 11.2 Å². The Morgan fingerprint density at radius 2 is 1.71 bits per heavy atom. The molecule has 9 nitrogen and oxygen atoms in total. The molecule has 35 heavy (non-hydrogen) atoms. The number of hydrogen-bond acceptors (Lipinski definition) is 5. The minimum Gasteiger partial charge on any atom is -0.493 e. The average Bonchev–Trinajstić information content (AvgIpc) is 3.26. The molecule has 0 spiro atoms. The van der Waals surface area contributed by atoms with Crippen LogP contribution in [0.15, 0.2) is 87.5 Å². The van der Waals surface area contributed by atoms with Crippen LogP contribution >= 0.6 is 0 Å². The van der Waals surface area contributed by atoms with Gasteiger partial charge in [0.05, 0.1) is 5.69 Å². The van der Waals surface area contributed by atoms with Crippen LogP contribution in [0.4, 0.5) is 0 Å². The SMILES string of the molecule is O=C(O)C(Cc1c[nH]c2ccccc12)N=Cc1c(O)n(-c2cccc3ccccc23)c(=O)[nH]c1=O. The highest BCUT2D eigenvalue weighted by Gasteiger charge is 2.20. The van der Waals surface area contributed by atoms with E-state index in [4.69, 9.17) is 0 Å². The molecule has 1 atom stereocenters. The maximum Gasteiger partial charge on any atom is 0.335 e. The number of benzene rings is 3. The van der Waals surface area contributed by atoms with E-state index in [1.54, 1.807) is 30.5 Å². The zero-order valence-corrected chi connectivity index (χ0v) is 18.3. The van der Waals surface area contributed by atoms with E-state index in [9.17, 15) is 24.6 Å². The molecular weight excluding hydrogens is 448 g/mol. The number of para-hydroxylation sites is 1. The first kappa shape index (κ1) is 21.9. The van der Waals surface area contributed by atoms with Crippen molar-refractivity contribution in [1.29, 1.82) is 0 Å². The number of aromatic nitrogens is 3. The predicted octanol–water partition coefficient (Wildman–Crippen LogP) is 2.98. The van der Waals surface area contributed by atoms with Crippen molar-refractivity contribution in [2.45, 2.75) is 12.5 Å². The Hall–Kier alpha value is -4.92. The van der Waals surface area contributed by atoms with Crippen molar-refractivity contribution in [2.24, 2.45) is 4.99 Å². The van der Waals surface area contributed by atoms with Gasteiger partial charge in [0.2, 0.25) is 5.88 Å². The molecule has 5 aromatic rings. The topological polar surface area (TPSA) is 141 Å². The number of aromatic hydroxyl groups is 1. The molecule has 0 aliphatic rings. The standard InChI is InChI=1S/C26H20N4O5/c31-23-19(14-28-21(25(33)34)12-16-13-27-20-10-4-3-8-17(16)20)24(32)30(26(35)29-23)22-11-5-7-15-6-1-2-9-18(15)22/h1-11,13-14,21,27,32H,12H2,(H,33,34)(H,29,31,35). The quantitative estimate of drug-likeness (QED) is 0.284. The first-order valence-electron chi connectivity index (χ1n) is 10.8. The number of aromatic amines is 2. The Morgan fingerprint density at radius 3 is 2.51 bits per heavy atom. The maximum atomic E-state index is 12.6. The monoisotopic (exact) mass is 468 g/mol. The van der Waals surface area contributed by atoms with E-state index in [-0.39, 0.29) is 12.0 Å². The fraction of sp³-hybridized carbons (Fsp3) is 0.0769. The minimum absolute atomic E-state index is 0.0669. The van der Waals surface area contributed by atoms with Crippen molar-refractivity contribution in [1.82, 2.24) is 14.5 Å². The fourth-order valence-corrected chi connectivity index (χ4v) is 4.16. The zero-order chi connectivity index (χ0) is 24.5.